The molecule has 0 saturated heterocycles. The number of benzene rings is 1. The van der Waals surface area contributed by atoms with Gasteiger partial charge >= 0.3 is 6.18 Å². The van der Waals surface area contributed by atoms with Gasteiger partial charge in [0.15, 0.2) is 6.61 Å². The van der Waals surface area contributed by atoms with Gasteiger partial charge in [-0.3, -0.25) is 4.79 Å². The molecule has 0 radical (unpaired) electrons. The smallest absolute Gasteiger partial charge is 0.416 e. The van der Waals surface area contributed by atoms with E-state index < -0.39 is 29.8 Å². The molecule has 0 saturated carbocycles. The van der Waals surface area contributed by atoms with Crippen LogP contribution in [0, 0.1) is 17.2 Å². The van der Waals surface area contributed by atoms with Gasteiger partial charge < -0.3 is 10.1 Å². The van der Waals surface area contributed by atoms with E-state index in [2.05, 4.69) is 5.32 Å². The van der Waals surface area contributed by atoms with Crippen LogP contribution in [0.3, 0.4) is 0 Å². The second-order valence-corrected chi connectivity index (χ2v) is 5.33. The average molecular weight is 314 g/mol. The lowest BCUT2D eigenvalue weighted by molar-refractivity contribution is -0.137. The summed E-state index contributed by atoms with van der Waals surface area (Å²) in [4.78, 5) is 11.8. The predicted octanol–water partition coefficient (Wildman–Crippen LogP) is 3.14. The third-order valence-corrected chi connectivity index (χ3v) is 3.32. The number of hydrogen-bond acceptors (Lipinski definition) is 3. The molecule has 0 aliphatic carbocycles. The van der Waals surface area contributed by atoms with E-state index in [4.69, 9.17) is 10.00 Å². The van der Waals surface area contributed by atoms with Crippen LogP contribution in [0.2, 0.25) is 0 Å². The zero-order chi connectivity index (χ0) is 17.0. The number of hydrogen-bond donors (Lipinski definition) is 1. The van der Waals surface area contributed by atoms with Crippen LogP contribution in [0.25, 0.3) is 0 Å². The lowest BCUT2D eigenvalue weighted by Crippen LogP contribution is -2.50. The van der Waals surface area contributed by atoms with Gasteiger partial charge in [-0.2, -0.15) is 18.4 Å². The molecule has 1 rings (SSSR count). The quantitative estimate of drug-likeness (QED) is 0.908. The summed E-state index contributed by atoms with van der Waals surface area (Å²) in [6.45, 7) is 4.65. The molecule has 4 nitrogen and oxygen atoms in total. The molecule has 0 aliphatic heterocycles. The summed E-state index contributed by atoms with van der Waals surface area (Å²) in [5, 5.41) is 11.6. The highest BCUT2D eigenvalue weighted by Gasteiger charge is 2.31. The normalized spacial score (nSPS) is 14.1. The highest BCUT2D eigenvalue weighted by Crippen LogP contribution is 2.31. The van der Waals surface area contributed by atoms with Gasteiger partial charge in [0.2, 0.25) is 0 Å². The fourth-order valence-electron chi connectivity index (χ4n) is 1.54. The van der Waals surface area contributed by atoms with Crippen molar-refractivity contribution < 1.29 is 22.7 Å². The monoisotopic (exact) mass is 314 g/mol. The average Bonchev–Trinajstić information content (AvgIpc) is 2.44. The van der Waals surface area contributed by atoms with E-state index in [9.17, 15) is 18.0 Å². The summed E-state index contributed by atoms with van der Waals surface area (Å²) >= 11 is 0. The first-order chi connectivity index (χ1) is 10.1. The minimum atomic E-state index is -4.47. The maximum absolute atomic E-state index is 12.6. The van der Waals surface area contributed by atoms with Crippen LogP contribution in [0.5, 0.6) is 5.75 Å². The van der Waals surface area contributed by atoms with Gasteiger partial charge in [0, 0.05) is 0 Å². The summed E-state index contributed by atoms with van der Waals surface area (Å²) < 4.78 is 42.7. The summed E-state index contributed by atoms with van der Waals surface area (Å²) in [7, 11) is 0. The molecule has 1 aromatic carbocycles. The van der Waals surface area contributed by atoms with Gasteiger partial charge in [0.1, 0.15) is 11.3 Å². The van der Waals surface area contributed by atoms with Crippen molar-refractivity contribution in [3.8, 4) is 11.8 Å². The van der Waals surface area contributed by atoms with Crippen LogP contribution >= 0.6 is 0 Å². The molecule has 0 aliphatic rings. The first-order valence-corrected chi connectivity index (χ1v) is 6.61. The molecule has 0 bridgehead atoms. The Morgan fingerprint density at radius 1 is 1.41 bits per heavy atom. The maximum Gasteiger partial charge on any atom is 0.416 e. The molecule has 0 heterocycles. The number of ether oxygens (including phenoxy) is 1. The van der Waals surface area contributed by atoms with Crippen molar-refractivity contribution in [3.05, 3.63) is 29.8 Å². The Balaban J connectivity index is 2.68. The third-order valence-electron chi connectivity index (χ3n) is 3.32. The standard InChI is InChI=1S/C15H17F3N2O2/c1-10(2)14(3,9-19)20-13(21)8-22-12-6-4-5-11(7-12)15(16,17)18/h4-7,10H,8H2,1-3H3,(H,20,21)/t14-/m0/s1. The number of nitrogens with zero attached hydrogens (tertiary/aromatic N) is 1. The van der Waals surface area contributed by atoms with E-state index in [1.807, 2.05) is 6.07 Å². The Bertz CT molecular complexity index is 579. The van der Waals surface area contributed by atoms with E-state index in [0.717, 1.165) is 12.1 Å². The first-order valence-electron chi connectivity index (χ1n) is 6.61. The van der Waals surface area contributed by atoms with E-state index in [1.54, 1.807) is 20.8 Å². The third kappa shape index (κ3) is 4.65. The number of nitriles is 1. The summed E-state index contributed by atoms with van der Waals surface area (Å²) in [6.07, 6.45) is -4.47. The SMILES string of the molecule is CC(C)[C@](C)(C#N)NC(=O)COc1cccc(C(F)(F)F)c1. The Hall–Kier alpha value is -2.23. The van der Waals surface area contributed by atoms with Crippen LogP contribution in [0.4, 0.5) is 13.2 Å². The Morgan fingerprint density at radius 3 is 2.55 bits per heavy atom. The first kappa shape index (κ1) is 17.8. The van der Waals surface area contributed by atoms with E-state index >= 15 is 0 Å². The number of rotatable bonds is 5. The zero-order valence-electron chi connectivity index (χ0n) is 12.5. The lowest BCUT2D eigenvalue weighted by atomic mass is 9.90. The Morgan fingerprint density at radius 2 is 2.05 bits per heavy atom. The van der Waals surface area contributed by atoms with Crippen molar-refractivity contribution in [3.63, 3.8) is 0 Å². The van der Waals surface area contributed by atoms with Crippen LogP contribution in [0.1, 0.15) is 26.3 Å². The van der Waals surface area contributed by atoms with Crippen LogP contribution in [-0.2, 0) is 11.0 Å². The van der Waals surface area contributed by atoms with Crippen molar-refractivity contribution in [2.75, 3.05) is 6.61 Å². The van der Waals surface area contributed by atoms with E-state index in [1.165, 1.54) is 12.1 Å². The van der Waals surface area contributed by atoms with Gasteiger partial charge in [-0.1, -0.05) is 19.9 Å². The largest absolute Gasteiger partial charge is 0.484 e. The lowest BCUT2D eigenvalue weighted by Gasteiger charge is -2.27. The van der Waals surface area contributed by atoms with Gasteiger partial charge in [-0.25, -0.2) is 0 Å². The molecular formula is C15H17F3N2O2. The number of carbonyl (C=O) groups excluding carboxylic acids is 1. The molecule has 7 heteroatoms. The predicted molar refractivity (Wildman–Crippen MR) is 73.9 cm³/mol. The molecule has 0 fully saturated rings. The number of amides is 1. The van der Waals surface area contributed by atoms with Gasteiger partial charge in [-0.05, 0) is 31.0 Å². The van der Waals surface area contributed by atoms with Crippen LogP contribution in [0.15, 0.2) is 24.3 Å². The van der Waals surface area contributed by atoms with E-state index in [-0.39, 0.29) is 11.7 Å². The second-order valence-electron chi connectivity index (χ2n) is 5.33. The summed E-state index contributed by atoms with van der Waals surface area (Å²) in [5.41, 5.74) is -1.91. The molecular weight excluding hydrogens is 297 g/mol. The number of nitrogens with one attached hydrogen (secondary N) is 1. The van der Waals surface area contributed by atoms with Crippen molar-refractivity contribution in [1.29, 1.82) is 5.26 Å². The highest BCUT2D eigenvalue weighted by atomic mass is 19.4. The minimum Gasteiger partial charge on any atom is -0.484 e. The minimum absolute atomic E-state index is 0.0619. The Labute approximate surface area is 126 Å². The molecule has 1 aromatic rings. The van der Waals surface area contributed by atoms with Crippen LogP contribution < -0.4 is 10.1 Å². The molecule has 120 valence electrons. The van der Waals surface area contributed by atoms with Gasteiger partial charge in [-0.15, -0.1) is 0 Å². The Kier molecular flexibility index (Phi) is 5.42. The molecule has 1 N–H and O–H groups in total. The van der Waals surface area contributed by atoms with Crippen molar-refractivity contribution in [2.24, 2.45) is 5.92 Å². The molecule has 0 unspecified atom stereocenters. The fourth-order valence-corrected chi connectivity index (χ4v) is 1.54. The molecule has 1 amide bonds. The number of alkyl halides is 3. The number of halogens is 3. The van der Waals surface area contributed by atoms with Crippen LogP contribution in [-0.4, -0.2) is 18.1 Å². The topological polar surface area (TPSA) is 62.1 Å². The molecule has 22 heavy (non-hydrogen) atoms. The maximum atomic E-state index is 12.6. The molecule has 0 aromatic heterocycles. The summed E-state index contributed by atoms with van der Waals surface area (Å²) in [6, 6.07) is 6.26. The molecule has 1 atom stereocenters. The summed E-state index contributed by atoms with van der Waals surface area (Å²) in [5.74, 6) is -0.765. The van der Waals surface area contributed by atoms with Gasteiger partial charge in [0.25, 0.3) is 5.91 Å². The van der Waals surface area contributed by atoms with E-state index in [0.29, 0.717) is 0 Å². The highest BCUT2D eigenvalue weighted by molar-refractivity contribution is 5.78. The fraction of sp³-hybridized carbons (Fsp3) is 0.467. The molecule has 0 spiro atoms. The number of carbonyl (C=O) groups is 1. The van der Waals surface area contributed by atoms with Gasteiger partial charge in [0.05, 0.1) is 11.6 Å². The van der Waals surface area contributed by atoms with Crippen molar-refractivity contribution in [1.82, 2.24) is 5.32 Å². The zero-order valence-corrected chi connectivity index (χ0v) is 12.5. The van der Waals surface area contributed by atoms with Crippen molar-refractivity contribution >= 4 is 5.91 Å². The van der Waals surface area contributed by atoms with Crippen molar-refractivity contribution in [2.45, 2.75) is 32.5 Å². The second kappa shape index (κ2) is 6.69.